The molecule has 0 aromatic rings. The maximum absolute atomic E-state index is 11.9. The average Bonchev–Trinajstić information content (AvgIpc) is 2.64. The van der Waals surface area contributed by atoms with Crippen LogP contribution in [0.15, 0.2) is 0 Å². The molecule has 0 rings (SSSR count). The zero-order valence-corrected chi connectivity index (χ0v) is 21.8. The fraction of sp³-hybridized carbons (Fsp3) is 0.952. The Morgan fingerprint density at radius 1 is 0.750 bits per heavy atom. The Morgan fingerprint density at radius 3 is 1.46 bits per heavy atom. The number of unbranched alkanes of at least 4 members (excludes halogenated alkanes) is 14. The van der Waals surface area contributed by atoms with Crippen LogP contribution in [0.4, 0.5) is 0 Å². The van der Waals surface area contributed by atoms with Crippen molar-refractivity contribution >= 4 is 16.2 Å². The van der Waals surface area contributed by atoms with Crippen LogP contribution in [0, 0.1) is 0 Å². The van der Waals surface area contributed by atoms with Crippen LogP contribution in [-0.4, -0.2) is 32.3 Å². The molecule has 0 aliphatic rings. The molecule has 0 unspecified atom stereocenters. The van der Waals surface area contributed by atoms with Crippen LogP contribution in [-0.2, 0) is 19.3 Å². The molecule has 0 spiro atoms. The van der Waals surface area contributed by atoms with Crippen LogP contribution in [0.3, 0.4) is 0 Å². The maximum Gasteiger partial charge on any atom is 1.00 e. The Morgan fingerprint density at radius 2 is 1.11 bits per heavy atom. The van der Waals surface area contributed by atoms with E-state index >= 15 is 0 Å². The monoisotopic (exact) mass is 429 g/mol. The molecule has 0 saturated heterocycles. The van der Waals surface area contributed by atoms with E-state index in [0.717, 1.165) is 23.6 Å². The predicted molar refractivity (Wildman–Crippen MR) is 114 cm³/mol. The number of hydrogen-bond acceptors (Lipinski definition) is 4. The molecule has 0 aliphatic carbocycles. The second-order valence-electron chi connectivity index (χ2n) is 7.43. The number of carbonyl (C=O) groups excluding carboxylic acids is 1. The first-order chi connectivity index (χ1) is 13.0. The minimum Gasteiger partial charge on any atom is -1.00 e. The topological polar surface area (TPSA) is 63.7 Å². The van der Waals surface area contributed by atoms with Gasteiger partial charge in [-0.05, 0) is 13.3 Å². The van der Waals surface area contributed by atoms with E-state index in [4.69, 9.17) is 0 Å². The van der Waals surface area contributed by atoms with Gasteiger partial charge in [-0.25, -0.2) is 4.31 Å². The summed E-state index contributed by atoms with van der Waals surface area (Å²) in [6.07, 6.45) is 19.3. The first kappa shape index (κ1) is 30.6. The second-order valence-corrected chi connectivity index (χ2v) is 9.06. The Kier molecular flexibility index (Phi) is 22.5. The van der Waals surface area contributed by atoms with E-state index in [-0.39, 0.29) is 44.0 Å². The Balaban J connectivity index is -0.00000338. The molecule has 0 atom stereocenters. The normalized spacial score (nSPS) is 11.2. The van der Waals surface area contributed by atoms with Crippen molar-refractivity contribution in [1.82, 2.24) is 4.31 Å². The number of amides is 1. The molecule has 164 valence electrons. The Bertz CT molecular complexity index is 464. The predicted octanol–water partition coefficient (Wildman–Crippen LogP) is 3.10. The van der Waals surface area contributed by atoms with Crippen molar-refractivity contribution in [3.8, 4) is 0 Å². The molecular weight excluding hydrogens is 385 g/mol. The van der Waals surface area contributed by atoms with Crippen LogP contribution >= 0.6 is 0 Å². The van der Waals surface area contributed by atoms with Gasteiger partial charge in [-0.3, -0.25) is 8.98 Å². The molecule has 0 aromatic carbocycles. The average molecular weight is 430 g/mol. The molecule has 7 heteroatoms. The van der Waals surface area contributed by atoms with E-state index in [1.54, 1.807) is 6.92 Å². The number of nitrogens with zero attached hydrogens (tertiary/aromatic N) is 1. The van der Waals surface area contributed by atoms with E-state index in [1.807, 2.05) is 0 Å². The van der Waals surface area contributed by atoms with Gasteiger partial charge in [0.25, 0.3) is 0 Å². The van der Waals surface area contributed by atoms with Gasteiger partial charge in [0.05, 0.1) is 6.61 Å². The molecule has 0 N–H and O–H groups in total. The van der Waals surface area contributed by atoms with Crippen molar-refractivity contribution in [1.29, 1.82) is 0 Å². The molecule has 0 radical (unpaired) electrons. The van der Waals surface area contributed by atoms with Gasteiger partial charge in [-0.1, -0.05) is 96.8 Å². The van der Waals surface area contributed by atoms with Crippen molar-refractivity contribution in [2.24, 2.45) is 0 Å². The summed E-state index contributed by atoms with van der Waals surface area (Å²) in [4.78, 5) is 11.9. The van der Waals surface area contributed by atoms with Crippen molar-refractivity contribution in [3.63, 3.8) is 0 Å². The van der Waals surface area contributed by atoms with E-state index in [1.165, 1.54) is 84.1 Å². The minimum absolute atomic E-state index is 0. The maximum atomic E-state index is 11.9. The fourth-order valence-corrected chi connectivity index (χ4v) is 3.95. The van der Waals surface area contributed by atoms with Crippen molar-refractivity contribution in [2.45, 2.75) is 117 Å². The third kappa shape index (κ3) is 17.3. The summed E-state index contributed by atoms with van der Waals surface area (Å²) >= 11 is 0. The van der Waals surface area contributed by atoms with E-state index in [0.29, 0.717) is 0 Å². The third-order valence-corrected chi connectivity index (χ3v) is 6.36. The Labute approximate surface area is 198 Å². The fourth-order valence-electron chi connectivity index (χ4n) is 3.16. The van der Waals surface area contributed by atoms with E-state index in [2.05, 4.69) is 11.1 Å². The largest absolute Gasteiger partial charge is 1.00 e. The second kappa shape index (κ2) is 20.6. The van der Waals surface area contributed by atoms with Crippen LogP contribution < -0.4 is 29.6 Å². The van der Waals surface area contributed by atoms with Crippen LogP contribution in [0.5, 0.6) is 0 Å². The van der Waals surface area contributed by atoms with Gasteiger partial charge in [0.2, 0.25) is 5.91 Å². The molecule has 0 heterocycles. The zero-order valence-electron chi connectivity index (χ0n) is 20.0. The zero-order chi connectivity index (χ0) is 20.4. The molecule has 0 aliphatic heterocycles. The summed E-state index contributed by atoms with van der Waals surface area (Å²) in [5, 5.41) is 0. The van der Waals surface area contributed by atoms with Crippen LogP contribution in [0.2, 0.25) is 0 Å². The summed E-state index contributed by atoms with van der Waals surface area (Å²) in [6, 6.07) is 0. The number of carbonyl (C=O) groups is 1. The quantitative estimate of drug-likeness (QED) is 0.234. The van der Waals surface area contributed by atoms with Gasteiger partial charge in [-0.15, -0.1) is 0 Å². The standard InChI is InChI=1S/C21H43NO4S.Na.H/c1-4-6-7-8-9-10-11-12-13-14-15-16-17-18-19-20-21(23)22(3)27(24,25)26-5-2;;/h4-20H2,1-3H3;;/q;+1;-1. The van der Waals surface area contributed by atoms with E-state index < -0.39 is 16.2 Å². The molecule has 28 heavy (non-hydrogen) atoms. The number of rotatable bonds is 19. The van der Waals surface area contributed by atoms with Gasteiger partial charge < -0.3 is 1.43 Å². The molecule has 5 nitrogen and oxygen atoms in total. The molecule has 0 aromatic heterocycles. The minimum atomic E-state index is -3.90. The third-order valence-electron chi connectivity index (χ3n) is 4.95. The summed E-state index contributed by atoms with van der Waals surface area (Å²) in [5.74, 6) is -0.391. The Hall–Kier alpha value is 0.380. The summed E-state index contributed by atoms with van der Waals surface area (Å²) < 4.78 is 28.6. The van der Waals surface area contributed by atoms with Gasteiger partial charge in [0.15, 0.2) is 0 Å². The summed E-state index contributed by atoms with van der Waals surface area (Å²) in [7, 11) is -2.63. The number of hydrogen-bond donors (Lipinski definition) is 0. The SMILES string of the molecule is CCCCCCCCCCCCCCCCCC(=O)N(C)S(=O)(=O)OCC.[H-].[Na+]. The molecule has 0 saturated carbocycles. The molecular formula is C21H44NNaO4S. The van der Waals surface area contributed by atoms with Crippen LogP contribution in [0.1, 0.15) is 118 Å². The first-order valence-corrected chi connectivity index (χ1v) is 12.5. The van der Waals surface area contributed by atoms with Crippen molar-refractivity contribution in [3.05, 3.63) is 0 Å². The summed E-state index contributed by atoms with van der Waals surface area (Å²) in [5.41, 5.74) is 0. The van der Waals surface area contributed by atoms with Gasteiger partial charge in [-0.2, -0.15) is 8.42 Å². The smallest absolute Gasteiger partial charge is 1.00 e. The van der Waals surface area contributed by atoms with Gasteiger partial charge >= 0.3 is 39.9 Å². The van der Waals surface area contributed by atoms with Gasteiger partial charge in [0.1, 0.15) is 0 Å². The molecule has 0 fully saturated rings. The first-order valence-electron chi connectivity index (χ1n) is 11.1. The van der Waals surface area contributed by atoms with Crippen molar-refractivity contribution in [2.75, 3.05) is 13.7 Å². The molecule has 1 amide bonds. The van der Waals surface area contributed by atoms with Gasteiger partial charge in [0, 0.05) is 13.5 Å². The van der Waals surface area contributed by atoms with Crippen molar-refractivity contribution < 1.29 is 48.4 Å². The van der Waals surface area contributed by atoms with E-state index in [9.17, 15) is 13.2 Å². The summed E-state index contributed by atoms with van der Waals surface area (Å²) in [6.45, 7) is 3.89. The molecule has 0 bridgehead atoms. The van der Waals surface area contributed by atoms with Crippen LogP contribution in [0.25, 0.3) is 0 Å².